The smallest absolute Gasteiger partial charge is 0.0831 e. The van der Waals surface area contributed by atoms with Crippen LogP contribution >= 0.6 is 0 Å². The van der Waals surface area contributed by atoms with Gasteiger partial charge in [0.1, 0.15) is 0 Å². The molecule has 0 spiro atoms. The van der Waals surface area contributed by atoms with Crippen molar-refractivity contribution in [3.8, 4) is 0 Å². The van der Waals surface area contributed by atoms with Crippen molar-refractivity contribution >= 4 is 0 Å². The Bertz CT molecular complexity index is 388. The summed E-state index contributed by atoms with van der Waals surface area (Å²) in [6.07, 6.45) is 5.41. The molecule has 1 aliphatic carbocycles. The molecule has 2 aliphatic rings. The van der Waals surface area contributed by atoms with Gasteiger partial charge in [0.25, 0.3) is 0 Å². The van der Waals surface area contributed by atoms with Gasteiger partial charge in [0, 0.05) is 0 Å². The number of aliphatic hydroxyl groups excluding tert-OH is 1. The number of aliphatic hydroxyl groups is 1. The highest BCUT2D eigenvalue weighted by Gasteiger charge is 2.30. The summed E-state index contributed by atoms with van der Waals surface area (Å²) >= 11 is 0. The van der Waals surface area contributed by atoms with Gasteiger partial charge in [0.05, 0.1) is 18.8 Å². The van der Waals surface area contributed by atoms with Crippen LogP contribution < -0.4 is 0 Å². The minimum absolute atomic E-state index is 0.104. The van der Waals surface area contributed by atoms with Crippen molar-refractivity contribution in [2.75, 3.05) is 6.61 Å². The van der Waals surface area contributed by atoms with Crippen molar-refractivity contribution in [3.05, 3.63) is 35.4 Å². The predicted octanol–water partition coefficient (Wildman–Crippen LogP) is 2.85. The van der Waals surface area contributed by atoms with Crippen LogP contribution in [0.25, 0.3) is 0 Å². The summed E-state index contributed by atoms with van der Waals surface area (Å²) in [6, 6.07) is 8.58. The van der Waals surface area contributed by atoms with Crippen LogP contribution in [-0.2, 0) is 11.2 Å². The van der Waals surface area contributed by atoms with Crippen LogP contribution in [0.4, 0.5) is 0 Å². The van der Waals surface area contributed by atoms with Gasteiger partial charge in [-0.15, -0.1) is 0 Å². The zero-order chi connectivity index (χ0) is 11.7. The standard InChI is InChI=1S/C15H20O2/c16-14-7-3-5-12(14)10-15-13-6-2-1-4-11(13)8-9-17-15/h1-2,4,6,12,14-16H,3,5,7-10H2. The molecule has 1 N–H and O–H groups in total. The molecule has 2 nitrogen and oxygen atoms in total. The van der Waals surface area contributed by atoms with E-state index in [4.69, 9.17) is 4.74 Å². The van der Waals surface area contributed by atoms with E-state index in [1.807, 2.05) is 0 Å². The average Bonchev–Trinajstić information content (AvgIpc) is 2.76. The van der Waals surface area contributed by atoms with E-state index < -0.39 is 0 Å². The number of fused-ring (bicyclic) bond motifs is 1. The molecule has 0 amide bonds. The molecule has 1 aromatic carbocycles. The molecular formula is C15H20O2. The zero-order valence-corrected chi connectivity index (χ0v) is 10.1. The first kappa shape index (κ1) is 11.2. The summed E-state index contributed by atoms with van der Waals surface area (Å²) in [6.45, 7) is 0.824. The molecule has 0 saturated heterocycles. The quantitative estimate of drug-likeness (QED) is 0.849. The summed E-state index contributed by atoms with van der Waals surface area (Å²) in [5, 5.41) is 9.91. The van der Waals surface area contributed by atoms with Crippen LogP contribution in [0.15, 0.2) is 24.3 Å². The summed E-state index contributed by atoms with van der Waals surface area (Å²) in [4.78, 5) is 0. The second-order valence-electron chi connectivity index (χ2n) is 5.30. The average molecular weight is 232 g/mol. The number of hydrogen-bond acceptors (Lipinski definition) is 2. The van der Waals surface area contributed by atoms with Crippen LogP contribution in [0.3, 0.4) is 0 Å². The van der Waals surface area contributed by atoms with Crippen molar-refractivity contribution < 1.29 is 9.84 Å². The maximum atomic E-state index is 9.91. The van der Waals surface area contributed by atoms with Gasteiger partial charge in [-0.1, -0.05) is 30.7 Å². The molecule has 0 aromatic heterocycles. The number of ether oxygens (including phenoxy) is 1. The van der Waals surface area contributed by atoms with Crippen LogP contribution in [-0.4, -0.2) is 17.8 Å². The first-order valence-corrected chi connectivity index (χ1v) is 6.72. The fourth-order valence-electron chi connectivity index (χ4n) is 3.24. The van der Waals surface area contributed by atoms with Gasteiger partial charge < -0.3 is 9.84 Å². The third kappa shape index (κ3) is 2.24. The Kier molecular flexibility index (Phi) is 3.17. The summed E-state index contributed by atoms with van der Waals surface area (Å²) < 4.78 is 5.90. The summed E-state index contributed by atoms with van der Waals surface area (Å²) in [5.74, 6) is 0.436. The van der Waals surface area contributed by atoms with Crippen LogP contribution in [0.2, 0.25) is 0 Å². The van der Waals surface area contributed by atoms with Gasteiger partial charge in [-0.2, -0.15) is 0 Å². The van der Waals surface area contributed by atoms with Gasteiger partial charge >= 0.3 is 0 Å². The molecule has 1 heterocycles. The lowest BCUT2D eigenvalue weighted by atomic mass is 9.89. The van der Waals surface area contributed by atoms with E-state index in [2.05, 4.69) is 24.3 Å². The van der Waals surface area contributed by atoms with E-state index in [0.29, 0.717) is 5.92 Å². The summed E-state index contributed by atoms with van der Waals surface area (Å²) in [5.41, 5.74) is 2.77. The third-order valence-electron chi connectivity index (χ3n) is 4.23. The highest BCUT2D eigenvalue weighted by Crippen LogP contribution is 2.37. The van der Waals surface area contributed by atoms with Crippen molar-refractivity contribution in [3.63, 3.8) is 0 Å². The van der Waals surface area contributed by atoms with Crippen molar-refractivity contribution in [1.82, 2.24) is 0 Å². The van der Waals surface area contributed by atoms with E-state index in [0.717, 1.165) is 32.3 Å². The molecular weight excluding hydrogens is 212 g/mol. The van der Waals surface area contributed by atoms with Gasteiger partial charge in [-0.3, -0.25) is 0 Å². The second-order valence-corrected chi connectivity index (χ2v) is 5.30. The Morgan fingerprint density at radius 1 is 1.24 bits per heavy atom. The SMILES string of the molecule is OC1CCCC1CC1OCCc2ccccc21. The molecule has 3 atom stereocenters. The van der Waals surface area contributed by atoms with Crippen molar-refractivity contribution in [2.45, 2.75) is 44.3 Å². The maximum Gasteiger partial charge on any atom is 0.0831 e. The Morgan fingerprint density at radius 3 is 2.94 bits per heavy atom. The van der Waals surface area contributed by atoms with Gasteiger partial charge in [-0.25, -0.2) is 0 Å². The third-order valence-corrected chi connectivity index (χ3v) is 4.23. The summed E-state index contributed by atoms with van der Waals surface area (Å²) in [7, 11) is 0. The molecule has 92 valence electrons. The molecule has 1 aromatic rings. The lowest BCUT2D eigenvalue weighted by Gasteiger charge is -2.29. The number of hydrogen-bond donors (Lipinski definition) is 1. The molecule has 1 saturated carbocycles. The predicted molar refractivity (Wildman–Crippen MR) is 66.8 cm³/mol. The highest BCUT2D eigenvalue weighted by atomic mass is 16.5. The lowest BCUT2D eigenvalue weighted by molar-refractivity contribution is 0.00909. The lowest BCUT2D eigenvalue weighted by Crippen LogP contribution is -2.22. The molecule has 1 aliphatic heterocycles. The van der Waals surface area contributed by atoms with E-state index >= 15 is 0 Å². The molecule has 2 heteroatoms. The molecule has 17 heavy (non-hydrogen) atoms. The first-order chi connectivity index (χ1) is 8.34. The topological polar surface area (TPSA) is 29.5 Å². The Labute approximate surface area is 103 Å². The molecule has 0 bridgehead atoms. The minimum Gasteiger partial charge on any atom is -0.393 e. The normalized spacial score (nSPS) is 32.4. The second kappa shape index (κ2) is 4.79. The number of rotatable bonds is 2. The van der Waals surface area contributed by atoms with Crippen molar-refractivity contribution in [2.24, 2.45) is 5.92 Å². The van der Waals surface area contributed by atoms with Crippen LogP contribution in [0, 0.1) is 5.92 Å². The fourth-order valence-corrected chi connectivity index (χ4v) is 3.24. The van der Waals surface area contributed by atoms with Gasteiger partial charge in [0.15, 0.2) is 0 Å². The minimum atomic E-state index is -0.104. The Hall–Kier alpha value is -0.860. The molecule has 1 fully saturated rings. The molecule has 3 rings (SSSR count). The highest BCUT2D eigenvalue weighted by molar-refractivity contribution is 5.30. The monoisotopic (exact) mass is 232 g/mol. The maximum absolute atomic E-state index is 9.91. The van der Waals surface area contributed by atoms with Gasteiger partial charge in [-0.05, 0) is 42.7 Å². The van der Waals surface area contributed by atoms with Gasteiger partial charge in [0.2, 0.25) is 0 Å². The first-order valence-electron chi connectivity index (χ1n) is 6.72. The van der Waals surface area contributed by atoms with E-state index in [1.54, 1.807) is 0 Å². The Balaban J connectivity index is 1.76. The molecule has 0 radical (unpaired) electrons. The van der Waals surface area contributed by atoms with E-state index in [9.17, 15) is 5.11 Å². The van der Waals surface area contributed by atoms with Crippen LogP contribution in [0.5, 0.6) is 0 Å². The van der Waals surface area contributed by atoms with Crippen LogP contribution in [0.1, 0.15) is 42.9 Å². The van der Waals surface area contributed by atoms with Crippen molar-refractivity contribution in [1.29, 1.82) is 0 Å². The largest absolute Gasteiger partial charge is 0.393 e. The number of benzene rings is 1. The van der Waals surface area contributed by atoms with E-state index in [-0.39, 0.29) is 12.2 Å². The fraction of sp³-hybridized carbons (Fsp3) is 0.600. The molecule has 3 unspecified atom stereocenters. The zero-order valence-electron chi connectivity index (χ0n) is 10.1. The van der Waals surface area contributed by atoms with E-state index in [1.165, 1.54) is 17.5 Å². The Morgan fingerprint density at radius 2 is 2.12 bits per heavy atom.